The molecule has 0 saturated heterocycles. The summed E-state index contributed by atoms with van der Waals surface area (Å²) >= 11 is 3.29. The number of nitrogens with two attached hydrogens (primary N) is 1. The molecule has 100 valence electrons. The third-order valence-corrected chi connectivity index (χ3v) is 2.84. The predicted octanol–water partition coefficient (Wildman–Crippen LogP) is 2.12. The maximum absolute atomic E-state index is 11.4. The van der Waals surface area contributed by atoms with Gasteiger partial charge in [-0.1, -0.05) is 15.9 Å². The molecule has 18 heavy (non-hydrogen) atoms. The van der Waals surface area contributed by atoms with Crippen molar-refractivity contribution in [1.29, 1.82) is 0 Å². The maximum atomic E-state index is 11.4. The minimum Gasteiger partial charge on any atom is -0.504 e. The third-order valence-electron chi connectivity index (χ3n) is 2.38. The quantitative estimate of drug-likeness (QED) is 0.813. The zero-order valence-corrected chi connectivity index (χ0v) is 11.9. The van der Waals surface area contributed by atoms with Gasteiger partial charge in [0, 0.05) is 16.1 Å². The number of carbonyl (C=O) groups is 1. The Balaban J connectivity index is 2.94. The molecule has 0 amide bonds. The Labute approximate surface area is 114 Å². The van der Waals surface area contributed by atoms with E-state index in [-0.39, 0.29) is 12.2 Å². The first-order valence-corrected chi connectivity index (χ1v) is 6.26. The Bertz CT molecular complexity index is 436. The molecule has 0 radical (unpaired) electrons. The molecule has 3 N–H and O–H groups in total. The first kappa shape index (κ1) is 14.8. The lowest BCUT2D eigenvalue weighted by atomic mass is 10.0. The van der Waals surface area contributed by atoms with Crippen LogP contribution in [0.3, 0.4) is 0 Å². The second-order valence-electron chi connectivity index (χ2n) is 3.66. The average molecular weight is 318 g/mol. The van der Waals surface area contributed by atoms with Gasteiger partial charge in [-0.2, -0.15) is 0 Å². The molecule has 0 aliphatic heterocycles. The normalized spacial score (nSPS) is 12.0. The topological polar surface area (TPSA) is 81.8 Å². The Hall–Kier alpha value is -1.27. The van der Waals surface area contributed by atoms with Crippen LogP contribution in [0.1, 0.15) is 24.9 Å². The molecule has 5 nitrogen and oxygen atoms in total. The smallest absolute Gasteiger partial charge is 0.307 e. The standard InChI is InChI=1S/C12H16BrNO4/c1-3-18-11(15)6-9(14)8-4-7(13)5-10(17-2)12(8)16/h4-5,9,16H,3,6,14H2,1-2H3/t9-/m1/s1. The molecular formula is C12H16BrNO4. The lowest BCUT2D eigenvalue weighted by Gasteiger charge is -2.15. The summed E-state index contributed by atoms with van der Waals surface area (Å²) in [6.07, 6.45) is 0.001000. The van der Waals surface area contributed by atoms with Crippen molar-refractivity contribution in [1.82, 2.24) is 0 Å². The first-order valence-electron chi connectivity index (χ1n) is 5.47. The van der Waals surface area contributed by atoms with Crippen molar-refractivity contribution in [2.45, 2.75) is 19.4 Å². The fourth-order valence-electron chi connectivity index (χ4n) is 1.54. The summed E-state index contributed by atoms with van der Waals surface area (Å²) in [4.78, 5) is 11.4. The van der Waals surface area contributed by atoms with Gasteiger partial charge in [-0.05, 0) is 19.1 Å². The van der Waals surface area contributed by atoms with E-state index in [0.717, 1.165) is 0 Å². The summed E-state index contributed by atoms with van der Waals surface area (Å²) in [6, 6.07) is 2.63. The summed E-state index contributed by atoms with van der Waals surface area (Å²) in [6.45, 7) is 2.03. The number of hydrogen-bond acceptors (Lipinski definition) is 5. The number of rotatable bonds is 5. The summed E-state index contributed by atoms with van der Waals surface area (Å²) in [7, 11) is 1.45. The molecule has 0 heterocycles. The highest BCUT2D eigenvalue weighted by Crippen LogP contribution is 2.37. The van der Waals surface area contributed by atoms with E-state index in [1.165, 1.54) is 7.11 Å². The first-order chi connectivity index (χ1) is 8.49. The SMILES string of the molecule is CCOC(=O)C[C@@H](N)c1cc(Br)cc(OC)c1O. The number of carbonyl (C=O) groups excluding carboxylic acids is 1. The van der Waals surface area contributed by atoms with Crippen LogP contribution in [-0.4, -0.2) is 24.8 Å². The van der Waals surface area contributed by atoms with Crippen LogP contribution in [0.25, 0.3) is 0 Å². The van der Waals surface area contributed by atoms with Crippen LogP contribution in [0, 0.1) is 0 Å². The second kappa shape index (κ2) is 6.61. The lowest BCUT2D eigenvalue weighted by molar-refractivity contribution is -0.143. The molecule has 1 aromatic carbocycles. The van der Waals surface area contributed by atoms with Crippen LogP contribution in [-0.2, 0) is 9.53 Å². The van der Waals surface area contributed by atoms with Gasteiger partial charge in [0.15, 0.2) is 11.5 Å². The van der Waals surface area contributed by atoms with Gasteiger partial charge in [0.25, 0.3) is 0 Å². The number of benzene rings is 1. The van der Waals surface area contributed by atoms with Gasteiger partial charge in [0.2, 0.25) is 0 Å². The van der Waals surface area contributed by atoms with Crippen molar-refractivity contribution in [3.05, 3.63) is 22.2 Å². The predicted molar refractivity (Wildman–Crippen MR) is 70.5 cm³/mol. The van der Waals surface area contributed by atoms with Gasteiger partial charge in [-0.25, -0.2) is 0 Å². The third kappa shape index (κ3) is 3.61. The van der Waals surface area contributed by atoms with Gasteiger partial charge in [-0.15, -0.1) is 0 Å². The average Bonchev–Trinajstić information content (AvgIpc) is 2.31. The van der Waals surface area contributed by atoms with E-state index >= 15 is 0 Å². The highest BCUT2D eigenvalue weighted by Gasteiger charge is 2.19. The lowest BCUT2D eigenvalue weighted by Crippen LogP contribution is -2.17. The summed E-state index contributed by atoms with van der Waals surface area (Å²) in [5, 5.41) is 9.95. The summed E-state index contributed by atoms with van der Waals surface area (Å²) < 4.78 is 10.5. The van der Waals surface area contributed by atoms with Gasteiger partial charge >= 0.3 is 5.97 Å². The van der Waals surface area contributed by atoms with Gasteiger partial charge in [0.05, 0.1) is 20.1 Å². The van der Waals surface area contributed by atoms with Crippen LogP contribution < -0.4 is 10.5 Å². The Morgan fingerprint density at radius 3 is 2.78 bits per heavy atom. The van der Waals surface area contributed by atoms with Crippen LogP contribution in [0.15, 0.2) is 16.6 Å². The van der Waals surface area contributed by atoms with Crippen molar-refractivity contribution < 1.29 is 19.4 Å². The van der Waals surface area contributed by atoms with Gasteiger partial charge in [0.1, 0.15) is 0 Å². The van der Waals surface area contributed by atoms with E-state index in [2.05, 4.69) is 15.9 Å². The molecule has 0 bridgehead atoms. The molecule has 0 fully saturated rings. The summed E-state index contributed by atoms with van der Waals surface area (Å²) in [5.41, 5.74) is 6.32. The van der Waals surface area contributed by atoms with Crippen LogP contribution in [0.4, 0.5) is 0 Å². The van der Waals surface area contributed by atoms with E-state index in [1.807, 2.05) is 0 Å². The molecular weight excluding hydrogens is 302 g/mol. The largest absolute Gasteiger partial charge is 0.504 e. The van der Waals surface area contributed by atoms with E-state index in [0.29, 0.717) is 22.4 Å². The number of aromatic hydroxyl groups is 1. The Morgan fingerprint density at radius 2 is 2.22 bits per heavy atom. The zero-order valence-electron chi connectivity index (χ0n) is 10.3. The van der Waals surface area contributed by atoms with E-state index in [4.69, 9.17) is 15.2 Å². The van der Waals surface area contributed by atoms with E-state index in [9.17, 15) is 9.90 Å². The van der Waals surface area contributed by atoms with Crippen LogP contribution in [0.5, 0.6) is 11.5 Å². The molecule has 0 aliphatic rings. The van der Waals surface area contributed by atoms with Crippen molar-refractivity contribution in [2.24, 2.45) is 5.73 Å². The fraction of sp³-hybridized carbons (Fsp3) is 0.417. The number of halogens is 1. The summed E-state index contributed by atoms with van der Waals surface area (Å²) in [5.74, 6) is -0.153. The monoisotopic (exact) mass is 317 g/mol. The minimum absolute atomic E-state index is 0.001000. The number of hydrogen-bond donors (Lipinski definition) is 2. The number of esters is 1. The number of methoxy groups -OCH3 is 1. The fourth-order valence-corrected chi connectivity index (χ4v) is 2.00. The Kier molecular flexibility index (Phi) is 5.43. The number of ether oxygens (including phenoxy) is 2. The van der Waals surface area contributed by atoms with E-state index < -0.39 is 12.0 Å². The highest BCUT2D eigenvalue weighted by molar-refractivity contribution is 9.10. The maximum Gasteiger partial charge on any atom is 0.307 e. The van der Waals surface area contributed by atoms with Gasteiger partial charge < -0.3 is 20.3 Å². The van der Waals surface area contributed by atoms with Crippen molar-refractivity contribution >= 4 is 21.9 Å². The second-order valence-corrected chi connectivity index (χ2v) is 4.58. The molecule has 0 unspecified atom stereocenters. The number of phenols is 1. The molecule has 0 spiro atoms. The molecule has 1 aromatic rings. The van der Waals surface area contributed by atoms with Crippen molar-refractivity contribution in [2.75, 3.05) is 13.7 Å². The molecule has 0 aliphatic carbocycles. The molecule has 0 aromatic heterocycles. The zero-order chi connectivity index (χ0) is 13.7. The van der Waals surface area contributed by atoms with Crippen LogP contribution in [0.2, 0.25) is 0 Å². The minimum atomic E-state index is -0.643. The highest BCUT2D eigenvalue weighted by atomic mass is 79.9. The van der Waals surface area contributed by atoms with E-state index in [1.54, 1.807) is 19.1 Å². The molecule has 1 atom stereocenters. The van der Waals surface area contributed by atoms with Crippen LogP contribution >= 0.6 is 15.9 Å². The molecule has 0 saturated carbocycles. The number of phenolic OH excluding ortho intramolecular Hbond substituents is 1. The molecule has 1 rings (SSSR count). The van der Waals surface area contributed by atoms with Crippen molar-refractivity contribution in [3.8, 4) is 11.5 Å². The Morgan fingerprint density at radius 1 is 1.56 bits per heavy atom. The van der Waals surface area contributed by atoms with Crippen molar-refractivity contribution in [3.63, 3.8) is 0 Å². The van der Waals surface area contributed by atoms with Gasteiger partial charge in [-0.3, -0.25) is 4.79 Å². The molecule has 6 heteroatoms.